The molecule has 0 amide bonds. The predicted molar refractivity (Wildman–Crippen MR) is 98.1 cm³/mol. The summed E-state index contributed by atoms with van der Waals surface area (Å²) in [6.07, 6.45) is 12.0. The molecule has 0 spiro atoms. The van der Waals surface area contributed by atoms with Gasteiger partial charge in [-0.1, -0.05) is 85.8 Å². The van der Waals surface area contributed by atoms with E-state index in [2.05, 4.69) is 52.8 Å². The molecule has 0 radical (unpaired) electrons. The van der Waals surface area contributed by atoms with Crippen LogP contribution < -0.4 is 0 Å². The average Bonchev–Trinajstić information content (AvgIpc) is 2.81. The Morgan fingerprint density at radius 1 is 1.05 bits per heavy atom. The maximum absolute atomic E-state index is 3.72. The van der Waals surface area contributed by atoms with Gasteiger partial charge >= 0.3 is 0 Å². The Morgan fingerprint density at radius 2 is 1.50 bits per heavy atom. The van der Waals surface area contributed by atoms with Gasteiger partial charge in [-0.25, -0.2) is 0 Å². The Labute approximate surface area is 127 Å². The van der Waals surface area contributed by atoms with Crippen molar-refractivity contribution in [3.8, 4) is 0 Å². The van der Waals surface area contributed by atoms with Crippen molar-refractivity contribution in [3.05, 3.63) is 48.3 Å². The van der Waals surface area contributed by atoms with Crippen LogP contribution in [0.5, 0.6) is 0 Å². The van der Waals surface area contributed by atoms with Crippen molar-refractivity contribution in [2.24, 2.45) is 0 Å². The maximum Gasteiger partial charge on any atom is 0.0450 e. The van der Waals surface area contributed by atoms with Crippen molar-refractivity contribution >= 4 is 12.2 Å². The molecule has 0 unspecified atom stereocenters. The summed E-state index contributed by atoms with van der Waals surface area (Å²) in [6, 6.07) is 0. The van der Waals surface area contributed by atoms with Gasteiger partial charge in [-0.3, -0.25) is 0 Å². The van der Waals surface area contributed by atoms with Gasteiger partial charge in [-0.15, -0.1) is 0 Å². The molecule has 0 bridgehead atoms. The molecule has 1 heteroatoms. The lowest BCUT2D eigenvalue weighted by Gasteiger charge is -1.92. The highest BCUT2D eigenvalue weighted by molar-refractivity contribution is 5.65. The van der Waals surface area contributed by atoms with Gasteiger partial charge in [0.25, 0.3) is 0 Å². The standard InChI is InChI=1S/C11H13N.2C3H8.C2H6/c1-4-6-7-10-9(3)8-12-11(10)5-2;2*1-3-2;1-2/h4-8,12H,1-2H2,3H3;2*3H2,1-2H3;1-2H3/b7-6-;;;. The summed E-state index contributed by atoms with van der Waals surface area (Å²) in [5.74, 6) is 0. The molecule has 1 nitrogen and oxygen atoms in total. The summed E-state index contributed by atoms with van der Waals surface area (Å²) in [7, 11) is 0. The molecule has 1 heterocycles. The van der Waals surface area contributed by atoms with Gasteiger partial charge in [0.15, 0.2) is 0 Å². The Balaban J connectivity index is -0.000000304. The van der Waals surface area contributed by atoms with E-state index in [1.807, 2.05) is 38.3 Å². The lowest BCUT2D eigenvalue weighted by molar-refractivity contribution is 1.09. The molecule has 1 aromatic heterocycles. The van der Waals surface area contributed by atoms with Crippen LogP contribution in [0.4, 0.5) is 0 Å². The number of nitrogens with one attached hydrogen (secondary N) is 1. The zero-order chi connectivity index (χ0) is 16.4. The fourth-order valence-corrected chi connectivity index (χ4v) is 1.11. The van der Waals surface area contributed by atoms with Crippen LogP contribution in [0.1, 0.15) is 71.2 Å². The number of aromatic amines is 1. The van der Waals surface area contributed by atoms with E-state index in [1.165, 1.54) is 24.0 Å². The first-order valence-electron chi connectivity index (χ1n) is 7.72. The maximum atomic E-state index is 3.72. The molecule has 0 aromatic carbocycles. The molecule has 20 heavy (non-hydrogen) atoms. The molecule has 1 rings (SSSR count). The van der Waals surface area contributed by atoms with E-state index in [0.29, 0.717) is 0 Å². The summed E-state index contributed by atoms with van der Waals surface area (Å²) in [5, 5.41) is 0. The largest absolute Gasteiger partial charge is 0.361 e. The molecule has 0 fully saturated rings. The molecule has 0 aliphatic rings. The van der Waals surface area contributed by atoms with Gasteiger partial charge in [0, 0.05) is 17.5 Å². The molecular weight excluding hydrogens is 242 g/mol. The van der Waals surface area contributed by atoms with E-state index in [1.54, 1.807) is 6.08 Å². The number of hydrogen-bond donors (Lipinski definition) is 1. The van der Waals surface area contributed by atoms with Crippen molar-refractivity contribution in [1.29, 1.82) is 0 Å². The molecule has 1 N–H and O–H groups in total. The van der Waals surface area contributed by atoms with Crippen molar-refractivity contribution in [3.63, 3.8) is 0 Å². The van der Waals surface area contributed by atoms with Crippen molar-refractivity contribution in [2.45, 2.75) is 61.3 Å². The van der Waals surface area contributed by atoms with Crippen LogP contribution in [-0.2, 0) is 0 Å². The molecular formula is C19H35N. The second kappa shape index (κ2) is 19.8. The summed E-state index contributed by atoms with van der Waals surface area (Å²) in [5.41, 5.74) is 3.47. The third-order valence-electron chi connectivity index (χ3n) is 1.76. The van der Waals surface area contributed by atoms with E-state index in [4.69, 9.17) is 0 Å². The number of allylic oxidation sites excluding steroid dienone is 2. The monoisotopic (exact) mass is 277 g/mol. The predicted octanol–water partition coefficient (Wildman–Crippen LogP) is 7.02. The van der Waals surface area contributed by atoms with Crippen LogP contribution in [0.15, 0.2) is 31.5 Å². The Morgan fingerprint density at radius 3 is 1.85 bits per heavy atom. The third kappa shape index (κ3) is 12.9. The summed E-state index contributed by atoms with van der Waals surface area (Å²) >= 11 is 0. The molecule has 0 saturated heterocycles. The fraction of sp³-hybridized carbons (Fsp3) is 0.474. The topological polar surface area (TPSA) is 15.8 Å². The molecule has 0 saturated carbocycles. The van der Waals surface area contributed by atoms with E-state index in [0.717, 1.165) is 5.69 Å². The van der Waals surface area contributed by atoms with Crippen molar-refractivity contribution in [1.82, 2.24) is 4.98 Å². The number of aromatic nitrogens is 1. The van der Waals surface area contributed by atoms with E-state index in [9.17, 15) is 0 Å². The van der Waals surface area contributed by atoms with Gasteiger partial charge in [-0.05, 0) is 18.6 Å². The zero-order valence-electron chi connectivity index (χ0n) is 14.7. The quantitative estimate of drug-likeness (QED) is 0.571. The molecule has 0 atom stereocenters. The highest BCUT2D eigenvalue weighted by Crippen LogP contribution is 2.15. The first-order chi connectivity index (χ1) is 9.62. The van der Waals surface area contributed by atoms with Crippen LogP contribution >= 0.6 is 0 Å². The molecule has 1 aromatic rings. The van der Waals surface area contributed by atoms with E-state index in [-0.39, 0.29) is 0 Å². The van der Waals surface area contributed by atoms with E-state index >= 15 is 0 Å². The fourth-order valence-electron chi connectivity index (χ4n) is 1.11. The Hall–Kier alpha value is -1.50. The van der Waals surface area contributed by atoms with Gasteiger partial charge in [-0.2, -0.15) is 0 Å². The van der Waals surface area contributed by atoms with Crippen LogP contribution in [0, 0.1) is 6.92 Å². The SMILES string of the molecule is C=C/C=C\c1c(C)c[nH]c1C=C.CC.CCC.CCC. The third-order valence-corrected chi connectivity index (χ3v) is 1.76. The zero-order valence-corrected chi connectivity index (χ0v) is 14.7. The first kappa shape index (κ1) is 23.6. The number of hydrogen-bond acceptors (Lipinski definition) is 0. The number of H-pyrrole nitrogens is 1. The minimum atomic E-state index is 1.06. The minimum absolute atomic E-state index is 1.06. The van der Waals surface area contributed by atoms with Crippen LogP contribution in [-0.4, -0.2) is 4.98 Å². The highest BCUT2D eigenvalue weighted by atomic mass is 14.7. The van der Waals surface area contributed by atoms with Gasteiger partial charge < -0.3 is 4.98 Å². The smallest absolute Gasteiger partial charge is 0.0450 e. The number of aryl methyl sites for hydroxylation is 1. The van der Waals surface area contributed by atoms with Crippen molar-refractivity contribution < 1.29 is 0 Å². The Kier molecular flexibility index (Phi) is 23.4. The van der Waals surface area contributed by atoms with Crippen LogP contribution in [0.25, 0.3) is 12.2 Å². The van der Waals surface area contributed by atoms with E-state index < -0.39 is 0 Å². The Bertz CT molecular complexity index is 341. The number of rotatable bonds is 3. The van der Waals surface area contributed by atoms with Gasteiger partial charge in [0.2, 0.25) is 0 Å². The minimum Gasteiger partial charge on any atom is -0.361 e. The van der Waals surface area contributed by atoms with Crippen LogP contribution in [0.3, 0.4) is 0 Å². The van der Waals surface area contributed by atoms with Crippen LogP contribution in [0.2, 0.25) is 0 Å². The molecule has 116 valence electrons. The summed E-state index contributed by atoms with van der Waals surface area (Å²) in [6.45, 7) is 21.9. The van der Waals surface area contributed by atoms with Gasteiger partial charge in [0.1, 0.15) is 0 Å². The lowest BCUT2D eigenvalue weighted by atomic mass is 10.1. The van der Waals surface area contributed by atoms with Crippen molar-refractivity contribution in [2.75, 3.05) is 0 Å². The second-order valence-electron chi connectivity index (χ2n) is 4.01. The molecule has 0 aliphatic carbocycles. The first-order valence-corrected chi connectivity index (χ1v) is 7.72. The summed E-state index contributed by atoms with van der Waals surface area (Å²) < 4.78 is 0. The average molecular weight is 277 g/mol. The van der Waals surface area contributed by atoms with Gasteiger partial charge in [0.05, 0.1) is 0 Å². The second-order valence-corrected chi connectivity index (χ2v) is 4.01. The highest BCUT2D eigenvalue weighted by Gasteiger charge is 1.99. The lowest BCUT2D eigenvalue weighted by Crippen LogP contribution is -1.75. The molecule has 0 aliphatic heterocycles. The normalized spacial score (nSPS) is 8.35. The summed E-state index contributed by atoms with van der Waals surface area (Å²) in [4.78, 5) is 3.13.